The maximum absolute atomic E-state index is 11.6. The number of nitrogens with one attached hydrogen (secondary N) is 1. The zero-order valence-electron chi connectivity index (χ0n) is 11.7. The summed E-state index contributed by atoms with van der Waals surface area (Å²) in [7, 11) is 1.51. The molecule has 112 valence electrons. The van der Waals surface area contributed by atoms with Crippen molar-refractivity contribution in [3.8, 4) is 0 Å². The van der Waals surface area contributed by atoms with E-state index in [1.54, 1.807) is 0 Å². The summed E-state index contributed by atoms with van der Waals surface area (Å²) in [5.41, 5.74) is 6.71. The van der Waals surface area contributed by atoms with E-state index < -0.39 is 5.91 Å². The summed E-state index contributed by atoms with van der Waals surface area (Å²) in [6.45, 7) is 1.89. The van der Waals surface area contributed by atoms with Gasteiger partial charge in [-0.25, -0.2) is 0 Å². The fourth-order valence-electron chi connectivity index (χ4n) is 1.99. The third-order valence-electron chi connectivity index (χ3n) is 3.10. The third-order valence-corrected chi connectivity index (χ3v) is 3.10. The molecule has 0 aliphatic heterocycles. The van der Waals surface area contributed by atoms with Crippen molar-refractivity contribution in [2.75, 3.05) is 7.05 Å². The van der Waals surface area contributed by atoms with E-state index in [9.17, 15) is 9.59 Å². The van der Waals surface area contributed by atoms with Gasteiger partial charge >= 0.3 is 0 Å². The molecule has 0 fully saturated rings. The molecule has 1 atom stereocenters. The van der Waals surface area contributed by atoms with Gasteiger partial charge in [0, 0.05) is 13.1 Å². The monoisotopic (exact) mass is 308 g/mol. The molecule has 2 aromatic rings. The Bertz CT molecular complexity index is 640. The van der Waals surface area contributed by atoms with Crippen molar-refractivity contribution < 1.29 is 9.59 Å². The normalized spacial score (nSPS) is 11.3. The van der Waals surface area contributed by atoms with Gasteiger partial charge in [-0.05, 0) is 12.5 Å². The largest absolute Gasteiger partial charge is 0.364 e. The molecule has 0 aliphatic rings. The van der Waals surface area contributed by atoms with Gasteiger partial charge in [-0.3, -0.25) is 14.3 Å². The molecule has 0 unspecified atom stereocenters. The van der Waals surface area contributed by atoms with Gasteiger partial charge in [-0.1, -0.05) is 30.3 Å². The average Bonchev–Trinajstić information content (AvgIpc) is 2.92. The van der Waals surface area contributed by atoms with E-state index >= 15 is 0 Å². The van der Waals surface area contributed by atoms with E-state index in [1.807, 2.05) is 37.3 Å². The quantitative estimate of drug-likeness (QED) is 0.894. The number of primary amides is 1. The molecule has 1 heterocycles. The van der Waals surface area contributed by atoms with Gasteiger partial charge in [-0.15, -0.1) is 12.4 Å². The van der Waals surface area contributed by atoms with Crippen LogP contribution >= 0.6 is 12.4 Å². The predicted molar refractivity (Wildman–Crippen MR) is 81.6 cm³/mol. The minimum atomic E-state index is -0.615. The van der Waals surface area contributed by atoms with Crippen LogP contribution in [-0.2, 0) is 0 Å². The number of carbonyl (C=O) groups is 2. The fraction of sp³-hybridized carbons (Fsp3) is 0.214. The van der Waals surface area contributed by atoms with E-state index in [0.717, 1.165) is 5.56 Å². The Balaban J connectivity index is 0.00000220. The molecule has 1 aromatic carbocycles. The van der Waals surface area contributed by atoms with Gasteiger partial charge in [0.1, 0.15) is 5.69 Å². The molecule has 7 heteroatoms. The summed E-state index contributed by atoms with van der Waals surface area (Å²) in [5.74, 6) is -0.970. The smallest absolute Gasteiger partial charge is 0.271 e. The second-order valence-corrected chi connectivity index (χ2v) is 4.39. The molecule has 0 spiro atoms. The van der Waals surface area contributed by atoms with Crippen LogP contribution in [0, 0.1) is 0 Å². The SMILES string of the molecule is CNC(=O)c1cc(C(N)=O)n([C@@H](C)c2ccccc2)n1.Cl. The molecular formula is C14H17ClN4O2. The molecular weight excluding hydrogens is 292 g/mol. The number of benzene rings is 1. The van der Waals surface area contributed by atoms with Crippen molar-refractivity contribution in [3.05, 3.63) is 53.3 Å². The summed E-state index contributed by atoms with van der Waals surface area (Å²) >= 11 is 0. The van der Waals surface area contributed by atoms with E-state index in [4.69, 9.17) is 5.73 Å². The Labute approximate surface area is 128 Å². The highest BCUT2D eigenvalue weighted by molar-refractivity contribution is 5.97. The summed E-state index contributed by atoms with van der Waals surface area (Å²) in [5, 5.41) is 6.65. The topological polar surface area (TPSA) is 90.0 Å². The summed E-state index contributed by atoms with van der Waals surface area (Å²) in [4.78, 5) is 23.1. The minimum absolute atomic E-state index is 0. The van der Waals surface area contributed by atoms with Crippen molar-refractivity contribution in [2.24, 2.45) is 5.73 Å². The first-order valence-corrected chi connectivity index (χ1v) is 6.21. The lowest BCUT2D eigenvalue weighted by molar-refractivity contribution is 0.0955. The van der Waals surface area contributed by atoms with Crippen molar-refractivity contribution >= 4 is 24.2 Å². The maximum Gasteiger partial charge on any atom is 0.271 e. The van der Waals surface area contributed by atoms with Crippen LogP contribution in [-0.4, -0.2) is 28.6 Å². The summed E-state index contributed by atoms with van der Waals surface area (Å²) < 4.78 is 1.47. The first-order chi connectivity index (χ1) is 9.54. The third kappa shape index (κ3) is 3.41. The standard InChI is InChI=1S/C14H16N4O2.ClH/c1-9(10-6-4-3-5-7-10)18-12(13(15)19)8-11(17-18)14(20)16-2;/h3-9H,1-2H3,(H2,15,19)(H,16,20);1H/t9-;/m0./s1. The maximum atomic E-state index is 11.6. The molecule has 1 aromatic heterocycles. The van der Waals surface area contributed by atoms with Gasteiger partial charge in [0.25, 0.3) is 11.8 Å². The Kier molecular flexibility index (Phi) is 5.49. The highest BCUT2D eigenvalue weighted by Crippen LogP contribution is 2.19. The molecule has 0 saturated carbocycles. The number of hydrogen-bond acceptors (Lipinski definition) is 3. The molecule has 21 heavy (non-hydrogen) atoms. The summed E-state index contributed by atoms with van der Waals surface area (Å²) in [6, 6.07) is 10.8. The van der Waals surface area contributed by atoms with Crippen LogP contribution in [0.4, 0.5) is 0 Å². The number of nitrogens with two attached hydrogens (primary N) is 1. The van der Waals surface area contributed by atoms with Crippen LogP contribution in [0.25, 0.3) is 0 Å². The van der Waals surface area contributed by atoms with Gasteiger partial charge < -0.3 is 11.1 Å². The van der Waals surface area contributed by atoms with Crippen LogP contribution in [0.3, 0.4) is 0 Å². The molecule has 3 N–H and O–H groups in total. The number of amides is 2. The minimum Gasteiger partial charge on any atom is -0.364 e. The van der Waals surface area contributed by atoms with Crippen molar-refractivity contribution in [1.29, 1.82) is 0 Å². The highest BCUT2D eigenvalue weighted by atomic mass is 35.5. The van der Waals surface area contributed by atoms with E-state index in [2.05, 4.69) is 10.4 Å². The van der Waals surface area contributed by atoms with Crippen molar-refractivity contribution in [2.45, 2.75) is 13.0 Å². The Morgan fingerprint density at radius 3 is 2.43 bits per heavy atom. The Morgan fingerprint density at radius 2 is 1.90 bits per heavy atom. The van der Waals surface area contributed by atoms with Crippen LogP contribution < -0.4 is 11.1 Å². The molecule has 0 saturated heterocycles. The van der Waals surface area contributed by atoms with Gasteiger partial charge in [0.2, 0.25) is 0 Å². The van der Waals surface area contributed by atoms with Crippen LogP contribution in [0.15, 0.2) is 36.4 Å². The number of halogens is 1. The number of hydrogen-bond donors (Lipinski definition) is 2. The number of carbonyl (C=O) groups excluding carboxylic acids is 2. The van der Waals surface area contributed by atoms with Gasteiger partial charge in [0.05, 0.1) is 6.04 Å². The lowest BCUT2D eigenvalue weighted by Crippen LogP contribution is -2.21. The number of rotatable bonds is 4. The van der Waals surface area contributed by atoms with E-state index in [0.29, 0.717) is 0 Å². The zero-order valence-corrected chi connectivity index (χ0v) is 12.6. The van der Waals surface area contributed by atoms with Crippen molar-refractivity contribution in [3.63, 3.8) is 0 Å². The molecule has 0 aliphatic carbocycles. The molecule has 0 radical (unpaired) electrons. The number of nitrogens with zero attached hydrogens (tertiary/aromatic N) is 2. The fourth-order valence-corrected chi connectivity index (χ4v) is 1.99. The molecule has 2 rings (SSSR count). The lowest BCUT2D eigenvalue weighted by Gasteiger charge is -2.14. The molecule has 0 bridgehead atoms. The Morgan fingerprint density at radius 1 is 1.29 bits per heavy atom. The van der Waals surface area contributed by atoms with E-state index in [1.165, 1.54) is 17.8 Å². The van der Waals surface area contributed by atoms with E-state index in [-0.39, 0.29) is 35.7 Å². The van der Waals surface area contributed by atoms with Crippen molar-refractivity contribution in [1.82, 2.24) is 15.1 Å². The number of aromatic nitrogens is 2. The van der Waals surface area contributed by atoms with Crippen LogP contribution in [0.2, 0.25) is 0 Å². The summed E-state index contributed by atoms with van der Waals surface area (Å²) in [6.07, 6.45) is 0. The molecule has 2 amide bonds. The average molecular weight is 309 g/mol. The second kappa shape index (κ2) is 6.90. The second-order valence-electron chi connectivity index (χ2n) is 4.39. The first kappa shape index (κ1) is 16.7. The predicted octanol–water partition coefficient (Wildman–Crippen LogP) is 1.37. The van der Waals surface area contributed by atoms with Gasteiger partial charge in [0.15, 0.2) is 5.69 Å². The lowest BCUT2D eigenvalue weighted by atomic mass is 10.1. The zero-order chi connectivity index (χ0) is 14.7. The molecule has 6 nitrogen and oxygen atoms in total. The van der Waals surface area contributed by atoms with Crippen LogP contribution in [0.1, 0.15) is 39.5 Å². The Hall–Kier alpha value is -2.34. The van der Waals surface area contributed by atoms with Gasteiger partial charge in [-0.2, -0.15) is 5.10 Å². The highest BCUT2D eigenvalue weighted by Gasteiger charge is 2.20. The first-order valence-electron chi connectivity index (χ1n) is 6.21. The van der Waals surface area contributed by atoms with Crippen LogP contribution in [0.5, 0.6) is 0 Å².